The Hall–Kier alpha value is -1.22. The van der Waals surface area contributed by atoms with Crippen LogP contribution in [0.15, 0.2) is 18.2 Å². The minimum absolute atomic E-state index is 0.753. The second-order valence-electron chi connectivity index (χ2n) is 6.48. The van der Waals surface area contributed by atoms with Gasteiger partial charge in [0.05, 0.1) is 13.2 Å². The van der Waals surface area contributed by atoms with Crippen molar-refractivity contribution in [3.05, 3.63) is 23.8 Å². The standard InChI is InChI=1S/C18H27NO2/c1-14-5-2-3-6-16(14)13-19-12-15-7-8-17-18(11-15)21-10-4-9-20-17/h7-8,11,14,16,19H,2-6,9-10,12-13H2,1H3. The Morgan fingerprint density at radius 2 is 1.86 bits per heavy atom. The SMILES string of the molecule is CC1CCCCC1CNCc1ccc2c(c1)OCCCO2. The van der Waals surface area contributed by atoms with Crippen LogP contribution in [0, 0.1) is 11.8 Å². The van der Waals surface area contributed by atoms with Gasteiger partial charge in [-0.05, 0) is 42.5 Å². The minimum atomic E-state index is 0.753. The van der Waals surface area contributed by atoms with E-state index in [9.17, 15) is 0 Å². The molecule has 0 bridgehead atoms. The molecule has 1 aliphatic heterocycles. The molecule has 2 aliphatic rings. The maximum Gasteiger partial charge on any atom is 0.161 e. The van der Waals surface area contributed by atoms with E-state index in [1.54, 1.807) is 0 Å². The average molecular weight is 289 g/mol. The van der Waals surface area contributed by atoms with Gasteiger partial charge in [0, 0.05) is 13.0 Å². The third-order valence-electron chi connectivity index (χ3n) is 4.84. The largest absolute Gasteiger partial charge is 0.490 e. The number of rotatable bonds is 4. The number of ether oxygens (including phenoxy) is 2. The van der Waals surface area contributed by atoms with E-state index in [1.807, 2.05) is 6.07 Å². The molecule has 0 radical (unpaired) electrons. The van der Waals surface area contributed by atoms with Crippen LogP contribution in [-0.2, 0) is 6.54 Å². The number of hydrogen-bond donors (Lipinski definition) is 1. The van der Waals surface area contributed by atoms with E-state index >= 15 is 0 Å². The molecular formula is C18H27NO2. The summed E-state index contributed by atoms with van der Waals surface area (Å²) in [7, 11) is 0. The fraction of sp³-hybridized carbons (Fsp3) is 0.667. The predicted octanol–water partition coefficient (Wildman–Crippen LogP) is 3.76. The van der Waals surface area contributed by atoms with Crippen molar-refractivity contribution in [2.75, 3.05) is 19.8 Å². The van der Waals surface area contributed by atoms with Gasteiger partial charge in [0.1, 0.15) is 0 Å². The first-order chi connectivity index (χ1) is 10.3. The summed E-state index contributed by atoms with van der Waals surface area (Å²) in [5.41, 5.74) is 1.28. The number of nitrogens with one attached hydrogen (secondary N) is 1. The molecule has 0 aromatic heterocycles. The summed E-state index contributed by atoms with van der Waals surface area (Å²) >= 11 is 0. The molecule has 1 aromatic rings. The van der Waals surface area contributed by atoms with Crippen molar-refractivity contribution >= 4 is 0 Å². The fourth-order valence-electron chi connectivity index (χ4n) is 3.42. The number of hydrogen-bond acceptors (Lipinski definition) is 3. The maximum absolute atomic E-state index is 5.75. The van der Waals surface area contributed by atoms with Crippen LogP contribution in [0.2, 0.25) is 0 Å². The molecule has 1 heterocycles. The van der Waals surface area contributed by atoms with E-state index in [0.717, 1.165) is 56.1 Å². The van der Waals surface area contributed by atoms with Gasteiger partial charge in [0.25, 0.3) is 0 Å². The van der Waals surface area contributed by atoms with Gasteiger partial charge in [-0.25, -0.2) is 0 Å². The fourth-order valence-corrected chi connectivity index (χ4v) is 3.42. The highest BCUT2D eigenvalue weighted by Crippen LogP contribution is 2.31. The molecule has 1 aliphatic carbocycles. The Morgan fingerprint density at radius 3 is 2.71 bits per heavy atom. The molecule has 0 amide bonds. The molecule has 0 saturated heterocycles. The molecule has 0 spiro atoms. The molecule has 3 rings (SSSR count). The summed E-state index contributed by atoms with van der Waals surface area (Å²) in [6.45, 7) is 5.96. The first kappa shape index (κ1) is 14.7. The van der Waals surface area contributed by atoms with E-state index in [2.05, 4.69) is 24.4 Å². The van der Waals surface area contributed by atoms with Crippen LogP contribution < -0.4 is 14.8 Å². The summed E-state index contributed by atoms with van der Waals surface area (Å²) in [5, 5.41) is 3.63. The quantitative estimate of drug-likeness (QED) is 0.915. The molecule has 2 atom stereocenters. The summed E-state index contributed by atoms with van der Waals surface area (Å²) in [6, 6.07) is 6.31. The van der Waals surface area contributed by atoms with Gasteiger partial charge >= 0.3 is 0 Å². The monoisotopic (exact) mass is 289 g/mol. The molecule has 1 aromatic carbocycles. The Bertz CT molecular complexity index is 461. The number of fused-ring (bicyclic) bond motifs is 1. The Balaban J connectivity index is 1.52. The van der Waals surface area contributed by atoms with Crippen LogP contribution in [0.4, 0.5) is 0 Å². The van der Waals surface area contributed by atoms with Gasteiger partial charge in [0.2, 0.25) is 0 Å². The highest BCUT2D eigenvalue weighted by Gasteiger charge is 2.20. The molecule has 3 heteroatoms. The van der Waals surface area contributed by atoms with E-state index < -0.39 is 0 Å². The van der Waals surface area contributed by atoms with Gasteiger partial charge in [-0.1, -0.05) is 32.3 Å². The van der Waals surface area contributed by atoms with E-state index in [-0.39, 0.29) is 0 Å². The van der Waals surface area contributed by atoms with Gasteiger partial charge in [0.15, 0.2) is 11.5 Å². The lowest BCUT2D eigenvalue weighted by Gasteiger charge is -2.28. The van der Waals surface area contributed by atoms with Crippen molar-refractivity contribution in [1.29, 1.82) is 0 Å². The third kappa shape index (κ3) is 3.91. The lowest BCUT2D eigenvalue weighted by Crippen LogP contribution is -2.29. The van der Waals surface area contributed by atoms with Crippen molar-refractivity contribution in [2.24, 2.45) is 11.8 Å². The zero-order valence-electron chi connectivity index (χ0n) is 13.1. The molecule has 2 unspecified atom stereocenters. The van der Waals surface area contributed by atoms with Crippen LogP contribution in [0.1, 0.15) is 44.6 Å². The molecule has 1 saturated carbocycles. The van der Waals surface area contributed by atoms with Crippen LogP contribution in [-0.4, -0.2) is 19.8 Å². The van der Waals surface area contributed by atoms with Crippen molar-refractivity contribution in [2.45, 2.75) is 45.6 Å². The Labute approximate surface area is 128 Å². The third-order valence-corrected chi connectivity index (χ3v) is 4.84. The average Bonchev–Trinajstić information content (AvgIpc) is 2.74. The maximum atomic E-state index is 5.75. The summed E-state index contributed by atoms with van der Waals surface area (Å²) in [4.78, 5) is 0. The predicted molar refractivity (Wildman–Crippen MR) is 84.9 cm³/mol. The minimum Gasteiger partial charge on any atom is -0.490 e. The van der Waals surface area contributed by atoms with E-state index in [4.69, 9.17) is 9.47 Å². The smallest absolute Gasteiger partial charge is 0.161 e. The number of benzene rings is 1. The van der Waals surface area contributed by atoms with Gasteiger partial charge in [-0.3, -0.25) is 0 Å². The molecule has 116 valence electrons. The van der Waals surface area contributed by atoms with Crippen LogP contribution in [0.5, 0.6) is 11.5 Å². The second-order valence-corrected chi connectivity index (χ2v) is 6.48. The molecule has 21 heavy (non-hydrogen) atoms. The van der Waals surface area contributed by atoms with Crippen LogP contribution in [0.3, 0.4) is 0 Å². The van der Waals surface area contributed by atoms with Gasteiger partial charge < -0.3 is 14.8 Å². The molecule has 3 nitrogen and oxygen atoms in total. The van der Waals surface area contributed by atoms with E-state index in [1.165, 1.54) is 31.2 Å². The van der Waals surface area contributed by atoms with Gasteiger partial charge in [-0.15, -0.1) is 0 Å². The summed E-state index contributed by atoms with van der Waals surface area (Å²) in [5.74, 6) is 3.50. The highest BCUT2D eigenvalue weighted by molar-refractivity contribution is 5.43. The first-order valence-electron chi connectivity index (χ1n) is 8.42. The lowest BCUT2D eigenvalue weighted by atomic mass is 9.80. The summed E-state index contributed by atoms with van der Waals surface area (Å²) < 4.78 is 11.4. The lowest BCUT2D eigenvalue weighted by molar-refractivity contribution is 0.247. The zero-order valence-corrected chi connectivity index (χ0v) is 13.1. The van der Waals surface area contributed by atoms with Crippen molar-refractivity contribution in [3.8, 4) is 11.5 Å². The second kappa shape index (κ2) is 7.17. The van der Waals surface area contributed by atoms with Crippen LogP contribution in [0.25, 0.3) is 0 Å². The van der Waals surface area contributed by atoms with Crippen molar-refractivity contribution < 1.29 is 9.47 Å². The molecule has 1 N–H and O–H groups in total. The first-order valence-corrected chi connectivity index (χ1v) is 8.42. The van der Waals surface area contributed by atoms with Crippen molar-refractivity contribution in [3.63, 3.8) is 0 Å². The topological polar surface area (TPSA) is 30.5 Å². The zero-order chi connectivity index (χ0) is 14.5. The molecular weight excluding hydrogens is 262 g/mol. The van der Waals surface area contributed by atoms with Crippen molar-refractivity contribution in [1.82, 2.24) is 5.32 Å². The molecule has 1 fully saturated rings. The summed E-state index contributed by atoms with van der Waals surface area (Å²) in [6.07, 6.45) is 6.56. The van der Waals surface area contributed by atoms with Gasteiger partial charge in [-0.2, -0.15) is 0 Å². The Morgan fingerprint density at radius 1 is 1.05 bits per heavy atom. The highest BCUT2D eigenvalue weighted by atomic mass is 16.5. The normalized spacial score (nSPS) is 25.4. The van der Waals surface area contributed by atoms with Crippen LogP contribution >= 0.6 is 0 Å². The van der Waals surface area contributed by atoms with E-state index in [0.29, 0.717) is 0 Å². The Kier molecular flexibility index (Phi) is 5.02.